The third kappa shape index (κ3) is 2.49. The van der Waals surface area contributed by atoms with E-state index in [0.717, 1.165) is 17.1 Å². The smallest absolute Gasteiger partial charge is 0.230 e. The molecule has 4 heteroatoms. The summed E-state index contributed by atoms with van der Waals surface area (Å²) >= 11 is 0. The van der Waals surface area contributed by atoms with Gasteiger partial charge in [0.1, 0.15) is 0 Å². The molecule has 20 heavy (non-hydrogen) atoms. The summed E-state index contributed by atoms with van der Waals surface area (Å²) in [5.41, 5.74) is 2.71. The monoisotopic (exact) mass is 262 g/mol. The van der Waals surface area contributed by atoms with E-state index in [1.54, 1.807) is 12.4 Å². The van der Waals surface area contributed by atoms with Crippen molar-refractivity contribution in [1.29, 1.82) is 0 Å². The lowest BCUT2D eigenvalue weighted by Crippen LogP contribution is -2.13. The minimum absolute atomic E-state index is 0.652. The second-order valence-electron chi connectivity index (χ2n) is 4.35. The van der Waals surface area contributed by atoms with Crippen molar-refractivity contribution in [3.63, 3.8) is 0 Å². The summed E-state index contributed by atoms with van der Waals surface area (Å²) in [6.07, 6.45) is 3.52. The molecule has 0 unspecified atom stereocenters. The Morgan fingerprint density at radius 3 is 2.30 bits per heavy atom. The number of para-hydroxylation sites is 1. The van der Waals surface area contributed by atoms with Crippen molar-refractivity contribution in [1.82, 2.24) is 15.0 Å². The Morgan fingerprint density at radius 2 is 1.55 bits per heavy atom. The Labute approximate surface area is 117 Å². The van der Waals surface area contributed by atoms with Gasteiger partial charge in [0.2, 0.25) is 5.95 Å². The van der Waals surface area contributed by atoms with Crippen molar-refractivity contribution in [2.45, 2.75) is 0 Å². The summed E-state index contributed by atoms with van der Waals surface area (Å²) in [6, 6.07) is 17.7. The molecule has 0 saturated carbocycles. The Morgan fingerprint density at radius 1 is 0.750 bits per heavy atom. The average Bonchev–Trinajstić information content (AvgIpc) is 2.56. The number of rotatable bonds is 3. The van der Waals surface area contributed by atoms with E-state index in [4.69, 9.17) is 0 Å². The lowest BCUT2D eigenvalue weighted by Gasteiger charge is -2.17. The van der Waals surface area contributed by atoms with Crippen LogP contribution in [0.1, 0.15) is 0 Å². The van der Waals surface area contributed by atoms with E-state index in [-0.39, 0.29) is 0 Å². The summed E-state index contributed by atoms with van der Waals surface area (Å²) in [5.74, 6) is 0.652. The van der Waals surface area contributed by atoms with Crippen LogP contribution in [0.15, 0.2) is 67.0 Å². The van der Waals surface area contributed by atoms with Crippen LogP contribution in [0.5, 0.6) is 0 Å². The van der Waals surface area contributed by atoms with Crippen LogP contribution < -0.4 is 4.90 Å². The zero-order valence-electron chi connectivity index (χ0n) is 11.1. The van der Waals surface area contributed by atoms with Crippen LogP contribution in [0.25, 0.3) is 11.4 Å². The largest absolute Gasteiger partial charge is 0.314 e. The molecule has 0 spiro atoms. The van der Waals surface area contributed by atoms with Gasteiger partial charge in [0.05, 0.1) is 11.4 Å². The topological polar surface area (TPSA) is 41.9 Å². The van der Waals surface area contributed by atoms with E-state index in [1.165, 1.54) is 0 Å². The zero-order chi connectivity index (χ0) is 13.8. The van der Waals surface area contributed by atoms with Crippen LogP contribution in [0.2, 0.25) is 0 Å². The number of pyridine rings is 1. The Hall–Kier alpha value is -2.75. The molecule has 0 fully saturated rings. The lowest BCUT2D eigenvalue weighted by atomic mass is 10.2. The Kier molecular flexibility index (Phi) is 3.37. The van der Waals surface area contributed by atoms with Crippen molar-refractivity contribution >= 4 is 11.6 Å². The molecule has 0 bridgehead atoms. The molecule has 1 aromatic carbocycles. The van der Waals surface area contributed by atoms with Gasteiger partial charge in [0.25, 0.3) is 0 Å². The Bertz CT molecular complexity index is 683. The fourth-order valence-electron chi connectivity index (χ4n) is 1.93. The molecule has 0 aliphatic rings. The number of aromatic nitrogens is 3. The van der Waals surface area contributed by atoms with Gasteiger partial charge >= 0.3 is 0 Å². The minimum Gasteiger partial charge on any atom is -0.314 e. The summed E-state index contributed by atoms with van der Waals surface area (Å²) in [5, 5.41) is 0. The molecule has 2 heterocycles. The molecule has 0 aliphatic heterocycles. The zero-order valence-corrected chi connectivity index (χ0v) is 11.1. The van der Waals surface area contributed by atoms with Crippen molar-refractivity contribution in [2.24, 2.45) is 0 Å². The van der Waals surface area contributed by atoms with E-state index < -0.39 is 0 Å². The van der Waals surface area contributed by atoms with Gasteiger partial charge in [-0.25, -0.2) is 9.97 Å². The van der Waals surface area contributed by atoms with Gasteiger partial charge in [0.15, 0.2) is 0 Å². The van der Waals surface area contributed by atoms with Gasteiger partial charge < -0.3 is 4.90 Å². The van der Waals surface area contributed by atoms with E-state index in [2.05, 4.69) is 15.0 Å². The van der Waals surface area contributed by atoms with E-state index in [0.29, 0.717) is 5.95 Å². The van der Waals surface area contributed by atoms with Crippen molar-refractivity contribution in [2.75, 3.05) is 11.9 Å². The van der Waals surface area contributed by atoms with Gasteiger partial charge in [-0.05, 0) is 30.3 Å². The predicted octanol–water partition coefficient (Wildman–Crippen LogP) is 3.31. The number of hydrogen-bond acceptors (Lipinski definition) is 4. The Balaban J connectivity index is 1.96. The average molecular weight is 262 g/mol. The molecular formula is C16H14N4. The molecule has 0 radical (unpaired) electrons. The van der Waals surface area contributed by atoms with Crippen molar-refractivity contribution in [3.8, 4) is 11.4 Å². The number of benzene rings is 1. The first-order chi connectivity index (χ1) is 9.84. The summed E-state index contributed by atoms with van der Waals surface area (Å²) in [6.45, 7) is 0. The van der Waals surface area contributed by atoms with Crippen LogP contribution in [-0.4, -0.2) is 22.0 Å². The molecule has 3 rings (SSSR count). The highest BCUT2D eigenvalue weighted by molar-refractivity contribution is 5.60. The molecule has 2 aromatic heterocycles. The molecule has 98 valence electrons. The fraction of sp³-hybridized carbons (Fsp3) is 0.0625. The molecule has 3 aromatic rings. The minimum atomic E-state index is 0.652. The van der Waals surface area contributed by atoms with Crippen molar-refractivity contribution in [3.05, 3.63) is 67.0 Å². The van der Waals surface area contributed by atoms with Crippen LogP contribution in [0, 0.1) is 0 Å². The summed E-state index contributed by atoms with van der Waals surface area (Å²) in [4.78, 5) is 15.2. The second kappa shape index (κ2) is 5.48. The van der Waals surface area contributed by atoms with Gasteiger partial charge in [-0.15, -0.1) is 0 Å². The third-order valence-electron chi connectivity index (χ3n) is 3.01. The van der Waals surface area contributed by atoms with E-state index >= 15 is 0 Å². The highest BCUT2D eigenvalue weighted by Gasteiger charge is 2.08. The second-order valence-corrected chi connectivity index (χ2v) is 4.35. The number of anilines is 2. The number of hydrogen-bond donors (Lipinski definition) is 0. The highest BCUT2D eigenvalue weighted by atomic mass is 15.2. The SMILES string of the molecule is CN(c1ccccc1)c1nccc(-c2ccccn2)n1. The molecule has 0 saturated heterocycles. The lowest BCUT2D eigenvalue weighted by molar-refractivity contribution is 1.04. The maximum Gasteiger partial charge on any atom is 0.230 e. The number of nitrogens with zero attached hydrogens (tertiary/aromatic N) is 4. The summed E-state index contributed by atoms with van der Waals surface area (Å²) < 4.78 is 0. The predicted molar refractivity (Wildman–Crippen MR) is 79.8 cm³/mol. The maximum atomic E-state index is 4.57. The van der Waals surface area contributed by atoms with E-state index in [9.17, 15) is 0 Å². The van der Waals surface area contributed by atoms with Gasteiger partial charge in [-0.2, -0.15) is 0 Å². The quantitative estimate of drug-likeness (QED) is 0.726. The molecule has 4 nitrogen and oxygen atoms in total. The third-order valence-corrected chi connectivity index (χ3v) is 3.01. The standard InChI is InChI=1S/C16H14N4/c1-20(13-7-3-2-4-8-13)16-18-12-10-15(19-16)14-9-5-6-11-17-14/h2-12H,1H3. The van der Waals surface area contributed by atoms with Gasteiger partial charge in [0, 0.05) is 25.1 Å². The van der Waals surface area contributed by atoms with Gasteiger partial charge in [-0.3, -0.25) is 4.98 Å². The van der Waals surface area contributed by atoms with Gasteiger partial charge in [-0.1, -0.05) is 24.3 Å². The molecular weight excluding hydrogens is 248 g/mol. The molecule has 0 amide bonds. The van der Waals surface area contributed by atoms with Crippen LogP contribution in [0.4, 0.5) is 11.6 Å². The summed E-state index contributed by atoms with van der Waals surface area (Å²) in [7, 11) is 1.95. The highest BCUT2D eigenvalue weighted by Crippen LogP contribution is 2.21. The first-order valence-corrected chi connectivity index (χ1v) is 6.38. The molecule has 0 N–H and O–H groups in total. The normalized spacial score (nSPS) is 10.2. The van der Waals surface area contributed by atoms with Crippen molar-refractivity contribution < 1.29 is 0 Å². The van der Waals surface area contributed by atoms with Crippen LogP contribution in [0.3, 0.4) is 0 Å². The first kappa shape index (κ1) is 12.3. The maximum absolute atomic E-state index is 4.57. The first-order valence-electron chi connectivity index (χ1n) is 6.38. The van der Waals surface area contributed by atoms with Crippen LogP contribution in [-0.2, 0) is 0 Å². The molecule has 0 atom stereocenters. The van der Waals surface area contributed by atoms with Crippen LogP contribution >= 0.6 is 0 Å². The molecule has 0 aliphatic carbocycles. The fourth-order valence-corrected chi connectivity index (χ4v) is 1.93. The van der Waals surface area contributed by atoms with E-state index in [1.807, 2.05) is 66.5 Å².